The zero-order chi connectivity index (χ0) is 29.9. The molecule has 0 saturated carbocycles. The monoisotopic (exact) mass is 586 g/mol. The first-order valence-corrected chi connectivity index (χ1v) is 16.8. The van der Waals surface area contributed by atoms with Gasteiger partial charge in [0.25, 0.3) is 15.7 Å². The van der Waals surface area contributed by atoms with Crippen molar-refractivity contribution in [2.24, 2.45) is 0 Å². The van der Waals surface area contributed by atoms with Crippen LogP contribution in [0.1, 0.15) is 42.3 Å². The van der Waals surface area contributed by atoms with Gasteiger partial charge in [0.1, 0.15) is 11.5 Å². The van der Waals surface area contributed by atoms with E-state index >= 15 is 0 Å². The van der Waals surface area contributed by atoms with Crippen LogP contribution in [-0.4, -0.2) is 34.7 Å². The number of carbonyl (C=O) groups excluding carboxylic acids is 1. The Kier molecular flexibility index (Phi) is 9.07. The van der Waals surface area contributed by atoms with Crippen LogP contribution in [0.15, 0.2) is 65.6 Å². The number of methoxy groups -OCH3 is 1. The molecule has 3 aromatic rings. The Bertz CT molecular complexity index is 1510. The van der Waals surface area contributed by atoms with Crippen LogP contribution in [0.2, 0.25) is 18.1 Å². The Morgan fingerprint density at radius 2 is 1.60 bits per heavy atom. The highest BCUT2D eigenvalue weighted by atomic mass is 32.2. The number of benzene rings is 3. The maximum Gasteiger partial charge on any atom is 0.340 e. The Hall–Kier alpha value is -3.74. The van der Waals surface area contributed by atoms with E-state index in [2.05, 4.69) is 38.6 Å². The largest absolute Gasteiger partial charge is 0.465 e. The van der Waals surface area contributed by atoms with Gasteiger partial charge in [-0.05, 0) is 67.5 Å². The van der Waals surface area contributed by atoms with Crippen molar-refractivity contribution in [2.45, 2.75) is 57.3 Å². The molecule has 0 aliphatic heterocycles. The van der Waals surface area contributed by atoms with Gasteiger partial charge in [0.2, 0.25) is 0 Å². The van der Waals surface area contributed by atoms with Crippen molar-refractivity contribution >= 4 is 35.7 Å². The standard InChI is InChI=1S/C28H34N2O8SSi/c1-19-8-12-23(13-9-19)39(34,35)29-25-14-10-22(17-24(25)27(31)36-5)38-21-11-15-26(30(32)33)20(16-21)18-37-40(6,7)28(2,3)4/h8-17,29H,18H2,1-7H3. The molecule has 0 radical (unpaired) electrons. The highest BCUT2D eigenvalue weighted by Gasteiger charge is 2.37. The second-order valence-electron chi connectivity index (χ2n) is 10.8. The molecule has 0 bridgehead atoms. The van der Waals surface area contributed by atoms with Crippen molar-refractivity contribution in [3.05, 3.63) is 87.5 Å². The molecule has 0 aliphatic carbocycles. The number of esters is 1. The topological polar surface area (TPSA) is 134 Å². The molecule has 0 aromatic heterocycles. The van der Waals surface area contributed by atoms with Gasteiger partial charge >= 0.3 is 5.97 Å². The maximum atomic E-state index is 12.9. The number of anilines is 1. The minimum Gasteiger partial charge on any atom is -0.465 e. The molecular weight excluding hydrogens is 552 g/mol. The number of aryl methyl sites for hydroxylation is 1. The fraction of sp³-hybridized carbons (Fsp3) is 0.321. The van der Waals surface area contributed by atoms with Gasteiger partial charge < -0.3 is 13.9 Å². The van der Waals surface area contributed by atoms with E-state index in [4.69, 9.17) is 13.9 Å². The molecule has 0 spiro atoms. The molecule has 1 N–H and O–H groups in total. The fourth-order valence-corrected chi connectivity index (χ4v) is 5.43. The number of hydrogen-bond donors (Lipinski definition) is 1. The van der Waals surface area contributed by atoms with E-state index in [1.165, 1.54) is 55.6 Å². The summed E-state index contributed by atoms with van der Waals surface area (Å²) >= 11 is 0. The molecular formula is C28H34N2O8SSi. The van der Waals surface area contributed by atoms with Crippen LogP contribution in [0.3, 0.4) is 0 Å². The van der Waals surface area contributed by atoms with E-state index in [9.17, 15) is 23.3 Å². The molecule has 0 saturated heterocycles. The highest BCUT2D eigenvalue weighted by molar-refractivity contribution is 7.92. The van der Waals surface area contributed by atoms with Gasteiger partial charge in [0.15, 0.2) is 8.32 Å². The smallest absolute Gasteiger partial charge is 0.340 e. The second-order valence-corrected chi connectivity index (χ2v) is 17.3. The second kappa shape index (κ2) is 11.8. The Morgan fingerprint density at radius 3 is 2.17 bits per heavy atom. The van der Waals surface area contributed by atoms with Gasteiger partial charge in [-0.1, -0.05) is 38.5 Å². The van der Waals surface area contributed by atoms with E-state index in [0.29, 0.717) is 5.56 Å². The lowest BCUT2D eigenvalue weighted by molar-refractivity contribution is -0.385. The number of sulfonamides is 1. The number of nitrogens with zero attached hydrogens (tertiary/aromatic N) is 1. The molecule has 0 aliphatic rings. The molecule has 10 nitrogen and oxygen atoms in total. The van der Waals surface area contributed by atoms with Crippen LogP contribution in [0.25, 0.3) is 0 Å². The van der Waals surface area contributed by atoms with Crippen molar-refractivity contribution in [1.82, 2.24) is 0 Å². The normalized spacial score (nSPS) is 12.1. The van der Waals surface area contributed by atoms with Gasteiger partial charge in [-0.15, -0.1) is 0 Å². The van der Waals surface area contributed by atoms with Crippen LogP contribution in [-0.2, 0) is 25.8 Å². The first-order chi connectivity index (χ1) is 18.5. The Balaban J connectivity index is 1.92. The third-order valence-electron chi connectivity index (χ3n) is 6.85. The van der Waals surface area contributed by atoms with Crippen molar-refractivity contribution in [2.75, 3.05) is 11.8 Å². The summed E-state index contributed by atoms with van der Waals surface area (Å²) in [5.74, 6) is -0.300. The molecule has 40 heavy (non-hydrogen) atoms. The molecule has 0 heterocycles. The van der Waals surface area contributed by atoms with E-state index in [-0.39, 0.29) is 45.0 Å². The molecule has 3 aromatic carbocycles. The van der Waals surface area contributed by atoms with Crippen LogP contribution in [0, 0.1) is 17.0 Å². The minimum absolute atomic E-state index is 0.00642. The number of rotatable bonds is 10. The first kappa shape index (κ1) is 30.8. The maximum absolute atomic E-state index is 12.9. The van der Waals surface area contributed by atoms with E-state index in [1.54, 1.807) is 12.1 Å². The zero-order valence-electron chi connectivity index (χ0n) is 23.6. The van der Waals surface area contributed by atoms with Gasteiger partial charge in [-0.3, -0.25) is 14.8 Å². The molecule has 0 atom stereocenters. The Morgan fingerprint density at radius 1 is 1.00 bits per heavy atom. The first-order valence-electron chi connectivity index (χ1n) is 12.4. The summed E-state index contributed by atoms with van der Waals surface area (Å²) in [7, 11) is -4.99. The average Bonchev–Trinajstić information content (AvgIpc) is 2.87. The summed E-state index contributed by atoms with van der Waals surface area (Å²) in [6.07, 6.45) is 0. The number of nitro benzene ring substituents is 1. The van der Waals surface area contributed by atoms with Crippen LogP contribution in [0.5, 0.6) is 11.5 Å². The van der Waals surface area contributed by atoms with Gasteiger partial charge in [-0.2, -0.15) is 0 Å². The number of ether oxygens (including phenoxy) is 2. The SMILES string of the molecule is COC(=O)c1cc(Oc2ccc([N+](=O)[O-])c(CO[Si](C)(C)C(C)(C)C)c2)ccc1NS(=O)(=O)c1ccc(C)cc1. The zero-order valence-corrected chi connectivity index (χ0v) is 25.4. The lowest BCUT2D eigenvalue weighted by Crippen LogP contribution is -2.40. The Labute approximate surface area is 235 Å². The summed E-state index contributed by atoms with van der Waals surface area (Å²) in [6, 6.07) is 14.8. The lowest BCUT2D eigenvalue weighted by Gasteiger charge is -2.36. The van der Waals surface area contributed by atoms with Crippen molar-refractivity contribution in [3.8, 4) is 11.5 Å². The predicted octanol–water partition coefficient (Wildman–Crippen LogP) is 6.80. The number of hydrogen-bond acceptors (Lipinski definition) is 8. The molecule has 0 amide bonds. The third-order valence-corrected chi connectivity index (χ3v) is 12.7. The summed E-state index contributed by atoms with van der Waals surface area (Å²) in [6.45, 7) is 12.2. The highest BCUT2D eigenvalue weighted by Crippen LogP contribution is 2.38. The summed E-state index contributed by atoms with van der Waals surface area (Å²) < 4.78 is 45.2. The van der Waals surface area contributed by atoms with Crippen molar-refractivity contribution in [3.63, 3.8) is 0 Å². The number of nitro groups is 1. The predicted molar refractivity (Wildman–Crippen MR) is 155 cm³/mol. The van der Waals surface area contributed by atoms with Gasteiger partial charge in [-0.25, -0.2) is 13.2 Å². The van der Waals surface area contributed by atoms with Crippen LogP contribution >= 0.6 is 0 Å². The molecule has 3 rings (SSSR count). The van der Waals surface area contributed by atoms with Crippen molar-refractivity contribution < 1.29 is 32.0 Å². The number of carbonyl (C=O) groups is 1. The fourth-order valence-electron chi connectivity index (χ4n) is 3.41. The van der Waals surface area contributed by atoms with Crippen LogP contribution in [0.4, 0.5) is 11.4 Å². The summed E-state index contributed by atoms with van der Waals surface area (Å²) in [5.41, 5.74) is 1.09. The van der Waals surface area contributed by atoms with E-state index in [0.717, 1.165) is 5.56 Å². The quantitative estimate of drug-likeness (QED) is 0.119. The van der Waals surface area contributed by atoms with E-state index in [1.807, 2.05) is 6.92 Å². The third kappa shape index (κ3) is 7.26. The minimum atomic E-state index is -3.99. The molecule has 0 unspecified atom stereocenters. The molecule has 0 fully saturated rings. The number of nitrogens with one attached hydrogen (secondary N) is 1. The summed E-state index contributed by atoms with van der Waals surface area (Å²) in [5, 5.41) is 11.6. The lowest BCUT2D eigenvalue weighted by atomic mass is 10.1. The molecule has 214 valence electrons. The van der Waals surface area contributed by atoms with E-state index < -0.39 is 29.2 Å². The summed E-state index contributed by atoms with van der Waals surface area (Å²) in [4.78, 5) is 23.7. The van der Waals surface area contributed by atoms with Crippen molar-refractivity contribution in [1.29, 1.82) is 0 Å². The van der Waals surface area contributed by atoms with Gasteiger partial charge in [0, 0.05) is 6.07 Å². The molecule has 12 heteroatoms. The average molecular weight is 587 g/mol. The van der Waals surface area contributed by atoms with Gasteiger partial charge in [0.05, 0.1) is 40.3 Å². The van der Waals surface area contributed by atoms with Crippen LogP contribution < -0.4 is 9.46 Å².